The number of hydrogen-bond donors (Lipinski definition) is 1. The Kier molecular flexibility index (Phi) is 4.98. The number of pyridine rings is 1. The molecule has 0 amide bonds. The van der Waals surface area contributed by atoms with Crippen LogP contribution in [0.2, 0.25) is 0 Å². The minimum absolute atomic E-state index is 0.211. The zero-order valence-corrected chi connectivity index (χ0v) is 18.4. The van der Waals surface area contributed by atoms with E-state index in [1.807, 2.05) is 43.5 Å². The first-order chi connectivity index (χ1) is 14.1. The molecule has 0 fully saturated rings. The molecule has 0 aliphatic rings. The Morgan fingerprint density at radius 3 is 2.57 bits per heavy atom. The van der Waals surface area contributed by atoms with Crippen molar-refractivity contribution in [2.24, 2.45) is 0 Å². The van der Waals surface area contributed by atoms with Gasteiger partial charge in [-0.3, -0.25) is 4.40 Å². The van der Waals surface area contributed by atoms with Crippen molar-refractivity contribution in [3.63, 3.8) is 0 Å². The summed E-state index contributed by atoms with van der Waals surface area (Å²) in [6.45, 7) is 12.0. The molecule has 0 radical (unpaired) electrons. The Morgan fingerprint density at radius 1 is 1.10 bits per heavy atom. The van der Waals surface area contributed by atoms with Crippen molar-refractivity contribution in [1.29, 1.82) is 0 Å². The molecule has 3 heterocycles. The van der Waals surface area contributed by atoms with E-state index in [1.54, 1.807) is 13.8 Å². The number of ether oxygens (including phenoxy) is 1. The lowest BCUT2D eigenvalue weighted by Crippen LogP contribution is -2.27. The molecule has 6 nitrogen and oxygen atoms in total. The van der Waals surface area contributed by atoms with E-state index in [9.17, 15) is 5.11 Å². The predicted molar refractivity (Wildman–Crippen MR) is 119 cm³/mol. The molecule has 30 heavy (non-hydrogen) atoms. The molecule has 0 spiro atoms. The Morgan fingerprint density at radius 2 is 1.87 bits per heavy atom. The van der Waals surface area contributed by atoms with Gasteiger partial charge in [0.2, 0.25) is 0 Å². The maximum absolute atomic E-state index is 9.99. The highest BCUT2D eigenvalue weighted by Crippen LogP contribution is 2.31. The number of benzene rings is 1. The maximum atomic E-state index is 9.99. The summed E-state index contributed by atoms with van der Waals surface area (Å²) in [6.07, 6.45) is 1.85. The van der Waals surface area contributed by atoms with Crippen LogP contribution >= 0.6 is 0 Å². The number of fused-ring (bicyclic) bond motifs is 3. The third-order valence-corrected chi connectivity index (χ3v) is 5.14. The zero-order chi connectivity index (χ0) is 21.6. The molecule has 0 unspecified atom stereocenters. The van der Waals surface area contributed by atoms with Gasteiger partial charge in [0, 0.05) is 11.3 Å². The summed E-state index contributed by atoms with van der Waals surface area (Å²) < 4.78 is 7.91. The molecular formula is C24H28N4O2. The fraction of sp³-hybridized carbons (Fsp3) is 0.375. The van der Waals surface area contributed by atoms with Gasteiger partial charge in [0.05, 0.1) is 23.0 Å². The van der Waals surface area contributed by atoms with Crippen molar-refractivity contribution in [2.75, 3.05) is 6.61 Å². The second-order valence-electron chi connectivity index (χ2n) is 8.81. The average Bonchev–Trinajstić information content (AvgIpc) is 3.12. The highest BCUT2D eigenvalue weighted by atomic mass is 16.5. The van der Waals surface area contributed by atoms with Crippen LogP contribution in [0.5, 0.6) is 5.75 Å². The topological polar surface area (TPSA) is 72.5 Å². The van der Waals surface area contributed by atoms with E-state index in [0.29, 0.717) is 11.7 Å². The zero-order valence-electron chi connectivity index (χ0n) is 18.4. The minimum Gasteiger partial charge on any atom is -0.491 e. The molecule has 1 N–H and O–H groups in total. The van der Waals surface area contributed by atoms with Gasteiger partial charge in [0.15, 0.2) is 5.65 Å². The first kappa shape index (κ1) is 20.3. The van der Waals surface area contributed by atoms with E-state index in [4.69, 9.17) is 19.7 Å². The molecule has 0 saturated heterocycles. The highest BCUT2D eigenvalue weighted by Gasteiger charge is 2.18. The molecule has 0 atom stereocenters. The lowest BCUT2D eigenvalue weighted by atomic mass is 10.1. The number of rotatable bonds is 5. The van der Waals surface area contributed by atoms with E-state index in [1.165, 1.54) is 0 Å². The summed E-state index contributed by atoms with van der Waals surface area (Å²) in [7, 11) is 0. The van der Waals surface area contributed by atoms with Gasteiger partial charge in [-0.25, -0.2) is 15.0 Å². The quantitative estimate of drug-likeness (QED) is 0.516. The van der Waals surface area contributed by atoms with Crippen molar-refractivity contribution < 1.29 is 9.84 Å². The molecule has 0 aliphatic carbocycles. The maximum Gasteiger partial charge on any atom is 0.165 e. The van der Waals surface area contributed by atoms with Crippen LogP contribution in [0.25, 0.3) is 28.1 Å². The van der Waals surface area contributed by atoms with Crippen molar-refractivity contribution >= 4 is 16.7 Å². The molecule has 4 aromatic rings. The van der Waals surface area contributed by atoms with Crippen molar-refractivity contribution in [2.45, 2.75) is 53.1 Å². The van der Waals surface area contributed by atoms with Crippen LogP contribution in [0.1, 0.15) is 50.6 Å². The Balaban J connectivity index is 1.93. The van der Waals surface area contributed by atoms with Crippen LogP contribution in [0.4, 0.5) is 0 Å². The van der Waals surface area contributed by atoms with Gasteiger partial charge in [-0.15, -0.1) is 0 Å². The standard InChI is InChI=1S/C24H28N4O2/c1-14(2)19-9-10-20-23(27-19)28-21(16(4)26-20)12-25-22(28)18-11-17(8-7-15(18)3)30-13-24(5,6)29/h7-12,14,29H,13H2,1-6H3. The van der Waals surface area contributed by atoms with Crippen LogP contribution in [-0.2, 0) is 0 Å². The molecule has 0 aliphatic heterocycles. The van der Waals surface area contributed by atoms with Gasteiger partial charge in [0.1, 0.15) is 23.7 Å². The first-order valence-electron chi connectivity index (χ1n) is 10.2. The molecule has 0 saturated carbocycles. The first-order valence-corrected chi connectivity index (χ1v) is 10.2. The number of aryl methyl sites for hydroxylation is 2. The lowest BCUT2D eigenvalue weighted by Gasteiger charge is -2.18. The third kappa shape index (κ3) is 3.75. The monoisotopic (exact) mass is 404 g/mol. The average molecular weight is 405 g/mol. The van der Waals surface area contributed by atoms with E-state index in [-0.39, 0.29) is 6.61 Å². The predicted octanol–water partition coefficient (Wildman–Crippen LogP) is 4.83. The van der Waals surface area contributed by atoms with Gasteiger partial charge in [-0.2, -0.15) is 0 Å². The number of imidazole rings is 1. The lowest BCUT2D eigenvalue weighted by molar-refractivity contribution is 0.0285. The number of hydrogen-bond acceptors (Lipinski definition) is 5. The molecular weight excluding hydrogens is 376 g/mol. The van der Waals surface area contributed by atoms with E-state index < -0.39 is 5.60 Å². The minimum atomic E-state index is -0.902. The number of aromatic nitrogens is 4. The van der Waals surface area contributed by atoms with Crippen molar-refractivity contribution in [3.05, 3.63) is 53.5 Å². The van der Waals surface area contributed by atoms with Gasteiger partial charge in [-0.1, -0.05) is 19.9 Å². The van der Waals surface area contributed by atoms with Crippen molar-refractivity contribution in [3.8, 4) is 17.1 Å². The van der Waals surface area contributed by atoms with Crippen LogP contribution in [0.3, 0.4) is 0 Å². The summed E-state index contributed by atoms with van der Waals surface area (Å²) in [4.78, 5) is 14.4. The molecule has 3 aromatic heterocycles. The normalized spacial score (nSPS) is 12.3. The fourth-order valence-electron chi connectivity index (χ4n) is 3.47. The summed E-state index contributed by atoms with van der Waals surface area (Å²) in [5.41, 5.74) is 5.66. The van der Waals surface area contributed by atoms with E-state index >= 15 is 0 Å². The Hall–Kier alpha value is -2.99. The van der Waals surface area contributed by atoms with Crippen LogP contribution in [-0.4, -0.2) is 36.7 Å². The molecule has 0 bridgehead atoms. The summed E-state index contributed by atoms with van der Waals surface area (Å²) in [6, 6.07) is 9.98. The Bertz CT molecular complexity index is 1240. The highest BCUT2D eigenvalue weighted by molar-refractivity contribution is 5.80. The fourth-order valence-corrected chi connectivity index (χ4v) is 3.47. The van der Waals surface area contributed by atoms with Crippen molar-refractivity contribution in [1.82, 2.24) is 19.4 Å². The van der Waals surface area contributed by atoms with Gasteiger partial charge < -0.3 is 9.84 Å². The molecule has 1 aromatic carbocycles. The van der Waals surface area contributed by atoms with Crippen LogP contribution in [0, 0.1) is 13.8 Å². The van der Waals surface area contributed by atoms with E-state index in [2.05, 4.69) is 25.2 Å². The SMILES string of the molecule is Cc1ccc(OCC(C)(C)O)cc1-c1ncc2c(C)nc3ccc(C(C)C)nc3n12. The summed E-state index contributed by atoms with van der Waals surface area (Å²) >= 11 is 0. The second-order valence-corrected chi connectivity index (χ2v) is 8.81. The van der Waals surface area contributed by atoms with Gasteiger partial charge >= 0.3 is 0 Å². The molecule has 6 heteroatoms. The smallest absolute Gasteiger partial charge is 0.165 e. The molecule has 156 valence electrons. The third-order valence-electron chi connectivity index (χ3n) is 5.14. The van der Waals surface area contributed by atoms with E-state index in [0.717, 1.165) is 45.0 Å². The second kappa shape index (κ2) is 7.36. The summed E-state index contributed by atoms with van der Waals surface area (Å²) in [5, 5.41) is 9.99. The molecule has 4 rings (SSSR count). The summed E-state index contributed by atoms with van der Waals surface area (Å²) in [5.74, 6) is 1.82. The largest absolute Gasteiger partial charge is 0.491 e. The Labute approximate surface area is 176 Å². The van der Waals surface area contributed by atoms with Gasteiger partial charge in [-0.05, 0) is 63.4 Å². The van der Waals surface area contributed by atoms with Gasteiger partial charge in [0.25, 0.3) is 0 Å². The van der Waals surface area contributed by atoms with Crippen LogP contribution < -0.4 is 4.74 Å². The number of nitrogens with zero attached hydrogens (tertiary/aromatic N) is 4. The number of aliphatic hydroxyl groups is 1. The van der Waals surface area contributed by atoms with Crippen LogP contribution in [0.15, 0.2) is 36.5 Å².